The maximum atomic E-state index is 5.87. The van der Waals surface area contributed by atoms with Gasteiger partial charge in [0.05, 0.1) is 12.7 Å². The van der Waals surface area contributed by atoms with Gasteiger partial charge < -0.3 is 4.74 Å². The molecule has 1 heteroatoms. The molecule has 1 nitrogen and oxygen atoms in total. The van der Waals surface area contributed by atoms with Gasteiger partial charge in [0.25, 0.3) is 0 Å². The van der Waals surface area contributed by atoms with E-state index >= 15 is 0 Å². The van der Waals surface area contributed by atoms with Crippen molar-refractivity contribution in [2.75, 3.05) is 6.61 Å². The Hall–Kier alpha value is -0.300. The Morgan fingerprint density at radius 2 is 1.80 bits per heavy atom. The molecule has 0 saturated carbocycles. The van der Waals surface area contributed by atoms with Crippen LogP contribution in [0.4, 0.5) is 0 Å². The lowest BCUT2D eigenvalue weighted by Gasteiger charge is -2.46. The van der Waals surface area contributed by atoms with Crippen LogP contribution in [-0.2, 0) is 4.74 Å². The molecule has 15 heavy (non-hydrogen) atoms. The van der Waals surface area contributed by atoms with Crippen LogP contribution in [0.2, 0.25) is 0 Å². The number of hydrogen-bond acceptors (Lipinski definition) is 1. The number of ether oxygens (including phenoxy) is 1. The summed E-state index contributed by atoms with van der Waals surface area (Å²) < 4.78 is 5.87. The molecule has 0 aromatic heterocycles. The van der Waals surface area contributed by atoms with Crippen LogP contribution in [0.1, 0.15) is 47.5 Å². The van der Waals surface area contributed by atoms with Crippen LogP contribution in [0.3, 0.4) is 0 Å². The first-order chi connectivity index (χ1) is 6.93. The molecule has 1 heterocycles. The highest BCUT2D eigenvalue weighted by Crippen LogP contribution is 2.49. The second-order valence-corrected chi connectivity index (χ2v) is 6.07. The maximum absolute atomic E-state index is 5.87. The number of hydrogen-bond donors (Lipinski definition) is 0. The Labute approximate surface area is 93.9 Å². The highest BCUT2D eigenvalue weighted by Gasteiger charge is 2.40. The summed E-state index contributed by atoms with van der Waals surface area (Å²) in [7, 11) is 0. The van der Waals surface area contributed by atoms with Crippen LogP contribution in [0, 0.1) is 17.3 Å². The predicted molar refractivity (Wildman–Crippen MR) is 63.8 cm³/mol. The van der Waals surface area contributed by atoms with Crippen molar-refractivity contribution in [2.45, 2.75) is 53.6 Å². The molecule has 2 aliphatic rings. The van der Waals surface area contributed by atoms with E-state index in [2.05, 4.69) is 34.6 Å². The molecule has 0 bridgehead atoms. The van der Waals surface area contributed by atoms with Crippen molar-refractivity contribution in [2.24, 2.45) is 17.3 Å². The summed E-state index contributed by atoms with van der Waals surface area (Å²) in [5.41, 5.74) is 3.73. The van der Waals surface area contributed by atoms with E-state index in [1.807, 2.05) is 0 Å². The molecule has 86 valence electrons. The van der Waals surface area contributed by atoms with E-state index in [1.165, 1.54) is 12.8 Å². The third-order valence-electron chi connectivity index (χ3n) is 4.30. The second-order valence-electron chi connectivity index (χ2n) is 6.07. The minimum absolute atomic E-state index is 0.353. The van der Waals surface area contributed by atoms with Crippen molar-refractivity contribution in [3.05, 3.63) is 11.1 Å². The van der Waals surface area contributed by atoms with E-state index in [4.69, 9.17) is 4.74 Å². The number of rotatable bonds is 0. The fraction of sp³-hybridized carbons (Fsp3) is 0.857. The molecule has 0 amide bonds. The Bertz CT molecular complexity index is 282. The van der Waals surface area contributed by atoms with Crippen LogP contribution >= 0.6 is 0 Å². The topological polar surface area (TPSA) is 9.23 Å². The first-order valence-electron chi connectivity index (χ1n) is 6.29. The van der Waals surface area contributed by atoms with Gasteiger partial charge in [0.2, 0.25) is 0 Å². The molecule has 0 spiro atoms. The van der Waals surface area contributed by atoms with Crippen molar-refractivity contribution in [3.63, 3.8) is 0 Å². The van der Waals surface area contributed by atoms with Gasteiger partial charge in [0.15, 0.2) is 0 Å². The lowest BCUT2D eigenvalue weighted by Crippen LogP contribution is -2.38. The largest absolute Gasteiger partial charge is 0.374 e. The first-order valence-corrected chi connectivity index (χ1v) is 6.29. The zero-order valence-corrected chi connectivity index (χ0v) is 10.8. The molecule has 2 rings (SSSR count). The average Bonchev–Trinajstić information content (AvgIpc) is 2.16. The molecule has 0 saturated heterocycles. The molecular weight excluding hydrogens is 184 g/mol. The molecule has 0 fully saturated rings. The minimum Gasteiger partial charge on any atom is -0.374 e. The third kappa shape index (κ3) is 1.75. The smallest absolute Gasteiger partial charge is 0.0762 e. The van der Waals surface area contributed by atoms with Crippen molar-refractivity contribution >= 4 is 0 Å². The SMILES string of the molecule is CC1CCC(C)(C)C2=C1C(C)OCC2C. The van der Waals surface area contributed by atoms with Gasteiger partial charge in [-0.25, -0.2) is 0 Å². The van der Waals surface area contributed by atoms with Crippen LogP contribution < -0.4 is 0 Å². The summed E-state index contributed by atoms with van der Waals surface area (Å²) in [6, 6.07) is 0. The van der Waals surface area contributed by atoms with Gasteiger partial charge in [0.1, 0.15) is 0 Å². The summed E-state index contributed by atoms with van der Waals surface area (Å²) in [6.07, 6.45) is 3.02. The molecule has 0 aromatic carbocycles. The molecule has 0 radical (unpaired) electrons. The van der Waals surface area contributed by atoms with E-state index in [-0.39, 0.29) is 0 Å². The summed E-state index contributed by atoms with van der Waals surface area (Å²) in [6.45, 7) is 12.6. The summed E-state index contributed by atoms with van der Waals surface area (Å²) in [4.78, 5) is 0. The lowest BCUT2D eigenvalue weighted by molar-refractivity contribution is 0.0331. The monoisotopic (exact) mass is 208 g/mol. The highest BCUT2D eigenvalue weighted by molar-refractivity contribution is 5.31. The molecule has 3 unspecified atom stereocenters. The van der Waals surface area contributed by atoms with Gasteiger partial charge in [-0.3, -0.25) is 0 Å². The fourth-order valence-corrected chi connectivity index (χ4v) is 3.56. The van der Waals surface area contributed by atoms with E-state index < -0.39 is 0 Å². The van der Waals surface area contributed by atoms with E-state index in [9.17, 15) is 0 Å². The van der Waals surface area contributed by atoms with Crippen molar-refractivity contribution in [1.82, 2.24) is 0 Å². The second kappa shape index (κ2) is 3.62. The Morgan fingerprint density at radius 1 is 1.13 bits per heavy atom. The van der Waals surface area contributed by atoms with Crippen molar-refractivity contribution in [1.29, 1.82) is 0 Å². The maximum Gasteiger partial charge on any atom is 0.0762 e. The van der Waals surface area contributed by atoms with Gasteiger partial charge in [-0.05, 0) is 36.7 Å². The Morgan fingerprint density at radius 3 is 2.40 bits per heavy atom. The Kier molecular flexibility index (Phi) is 2.70. The first kappa shape index (κ1) is 11.2. The Balaban J connectivity index is 2.49. The van der Waals surface area contributed by atoms with E-state index in [0.29, 0.717) is 17.4 Å². The lowest BCUT2D eigenvalue weighted by atomic mass is 9.63. The minimum atomic E-state index is 0.353. The van der Waals surface area contributed by atoms with Gasteiger partial charge in [-0.2, -0.15) is 0 Å². The van der Waals surface area contributed by atoms with Crippen LogP contribution in [-0.4, -0.2) is 12.7 Å². The standard InChI is InChI=1S/C14H24O/c1-9-6-7-14(4,5)13-10(2)8-15-11(3)12(9)13/h9-11H,6-8H2,1-5H3. The average molecular weight is 208 g/mol. The van der Waals surface area contributed by atoms with Gasteiger partial charge in [-0.1, -0.05) is 33.3 Å². The molecule has 3 atom stereocenters. The fourth-order valence-electron chi connectivity index (χ4n) is 3.56. The molecular formula is C14H24O. The van der Waals surface area contributed by atoms with E-state index in [1.54, 1.807) is 11.1 Å². The summed E-state index contributed by atoms with van der Waals surface area (Å²) >= 11 is 0. The molecule has 0 N–H and O–H groups in total. The summed E-state index contributed by atoms with van der Waals surface area (Å²) in [5, 5.41) is 0. The zero-order chi connectivity index (χ0) is 11.2. The van der Waals surface area contributed by atoms with E-state index in [0.717, 1.165) is 12.5 Å². The predicted octanol–water partition coefficient (Wildman–Crippen LogP) is 3.79. The molecule has 1 aliphatic carbocycles. The van der Waals surface area contributed by atoms with Crippen LogP contribution in [0.15, 0.2) is 11.1 Å². The third-order valence-corrected chi connectivity index (χ3v) is 4.30. The summed E-state index contributed by atoms with van der Waals surface area (Å²) in [5.74, 6) is 1.35. The van der Waals surface area contributed by atoms with Gasteiger partial charge >= 0.3 is 0 Å². The van der Waals surface area contributed by atoms with Gasteiger partial charge in [0, 0.05) is 5.92 Å². The highest BCUT2D eigenvalue weighted by atomic mass is 16.5. The molecule has 0 aromatic rings. The van der Waals surface area contributed by atoms with Crippen LogP contribution in [0.25, 0.3) is 0 Å². The van der Waals surface area contributed by atoms with Crippen LogP contribution in [0.5, 0.6) is 0 Å². The molecule has 1 aliphatic heterocycles. The quantitative estimate of drug-likeness (QED) is 0.550. The van der Waals surface area contributed by atoms with Crippen molar-refractivity contribution in [3.8, 4) is 0 Å². The van der Waals surface area contributed by atoms with Crippen molar-refractivity contribution < 1.29 is 4.74 Å². The normalized spacial score (nSPS) is 40.2. The van der Waals surface area contributed by atoms with Gasteiger partial charge in [-0.15, -0.1) is 0 Å². The zero-order valence-electron chi connectivity index (χ0n) is 10.8.